The first-order chi connectivity index (χ1) is 11.4. The molecule has 2 aromatic carbocycles. The normalized spacial score (nSPS) is 11.3. The molecular formula is C18H20N4O2. The highest BCUT2D eigenvalue weighted by atomic mass is 16.3. The van der Waals surface area contributed by atoms with Crippen molar-refractivity contribution < 1.29 is 9.90 Å². The molecule has 0 radical (unpaired) electrons. The summed E-state index contributed by atoms with van der Waals surface area (Å²) in [6.45, 7) is 3.98. The fraction of sp³-hybridized carbons (Fsp3) is 0.222. The second-order valence-corrected chi connectivity index (χ2v) is 6.01. The van der Waals surface area contributed by atoms with E-state index in [0.717, 1.165) is 21.8 Å². The lowest BCUT2D eigenvalue weighted by Gasteiger charge is -2.12. The number of aliphatic hydroxyl groups is 1. The highest BCUT2D eigenvalue weighted by molar-refractivity contribution is 6.12. The molecule has 1 heterocycles. The van der Waals surface area contributed by atoms with Crippen LogP contribution in [0.2, 0.25) is 0 Å². The maximum Gasteiger partial charge on any atom is 0.280 e. The van der Waals surface area contributed by atoms with Crippen molar-refractivity contribution in [3.8, 4) is 0 Å². The van der Waals surface area contributed by atoms with Crippen molar-refractivity contribution in [2.24, 2.45) is 16.5 Å². The van der Waals surface area contributed by atoms with E-state index in [9.17, 15) is 9.90 Å². The molecule has 5 N–H and O–H groups in total. The van der Waals surface area contributed by atoms with E-state index < -0.39 is 5.91 Å². The van der Waals surface area contributed by atoms with Gasteiger partial charge in [-0.2, -0.15) is 4.99 Å². The summed E-state index contributed by atoms with van der Waals surface area (Å²) < 4.78 is 2.15. The first kappa shape index (κ1) is 16.0. The van der Waals surface area contributed by atoms with E-state index in [4.69, 9.17) is 11.5 Å². The van der Waals surface area contributed by atoms with Crippen LogP contribution >= 0.6 is 0 Å². The minimum Gasteiger partial charge on any atom is -0.392 e. The Balaban J connectivity index is 2.43. The van der Waals surface area contributed by atoms with Crippen LogP contribution in [0.4, 0.5) is 0 Å². The van der Waals surface area contributed by atoms with E-state index in [1.165, 1.54) is 0 Å². The number of nitrogens with zero attached hydrogens (tertiary/aromatic N) is 2. The van der Waals surface area contributed by atoms with E-state index in [2.05, 4.69) is 23.4 Å². The van der Waals surface area contributed by atoms with Crippen molar-refractivity contribution in [3.05, 3.63) is 47.5 Å². The number of hydrogen-bond acceptors (Lipinski definition) is 2. The molecule has 0 atom stereocenters. The van der Waals surface area contributed by atoms with Crippen LogP contribution in [-0.2, 0) is 6.61 Å². The largest absolute Gasteiger partial charge is 0.392 e. The summed E-state index contributed by atoms with van der Waals surface area (Å²) in [7, 11) is 0. The Morgan fingerprint density at radius 3 is 2.54 bits per heavy atom. The lowest BCUT2D eigenvalue weighted by Crippen LogP contribution is -2.24. The molecule has 6 nitrogen and oxygen atoms in total. The highest BCUT2D eigenvalue weighted by Gasteiger charge is 2.18. The van der Waals surface area contributed by atoms with Gasteiger partial charge in [0.1, 0.15) is 0 Å². The number of fused-ring (bicyclic) bond motifs is 3. The number of carbonyl (C=O) groups excluding carboxylic acids is 1. The van der Waals surface area contributed by atoms with E-state index in [1.807, 2.05) is 24.3 Å². The smallest absolute Gasteiger partial charge is 0.280 e. The first-order valence-electron chi connectivity index (χ1n) is 7.74. The molecule has 0 aliphatic carbocycles. The lowest BCUT2D eigenvalue weighted by molar-refractivity contribution is 0.100. The Kier molecular flexibility index (Phi) is 3.99. The molecule has 0 saturated carbocycles. The van der Waals surface area contributed by atoms with Gasteiger partial charge in [-0.15, -0.1) is 0 Å². The van der Waals surface area contributed by atoms with Crippen molar-refractivity contribution >= 4 is 33.7 Å². The van der Waals surface area contributed by atoms with Crippen LogP contribution in [-0.4, -0.2) is 21.5 Å². The summed E-state index contributed by atoms with van der Waals surface area (Å²) in [4.78, 5) is 15.8. The van der Waals surface area contributed by atoms with Gasteiger partial charge in [-0.1, -0.05) is 18.2 Å². The Morgan fingerprint density at radius 2 is 1.92 bits per heavy atom. The number of aliphatic hydroxyl groups excluding tert-OH is 1. The number of aromatic nitrogens is 1. The van der Waals surface area contributed by atoms with Gasteiger partial charge in [0, 0.05) is 27.9 Å². The van der Waals surface area contributed by atoms with Gasteiger partial charge in [-0.3, -0.25) is 4.79 Å². The third-order valence-corrected chi connectivity index (χ3v) is 4.06. The van der Waals surface area contributed by atoms with Gasteiger partial charge in [-0.05, 0) is 37.6 Å². The number of rotatable bonds is 3. The molecule has 124 valence electrons. The van der Waals surface area contributed by atoms with Crippen molar-refractivity contribution in [3.63, 3.8) is 0 Å². The summed E-state index contributed by atoms with van der Waals surface area (Å²) in [5, 5.41) is 11.8. The predicted molar refractivity (Wildman–Crippen MR) is 95.9 cm³/mol. The number of aliphatic imine (C=N–C) groups is 1. The molecule has 0 saturated heterocycles. The third kappa shape index (κ3) is 2.51. The quantitative estimate of drug-likeness (QED) is 0.507. The van der Waals surface area contributed by atoms with Crippen LogP contribution in [0.3, 0.4) is 0 Å². The van der Waals surface area contributed by atoms with Crippen molar-refractivity contribution in [1.82, 2.24) is 4.57 Å². The minimum absolute atomic E-state index is 0.175. The number of amides is 1. The Bertz CT molecular complexity index is 966. The molecule has 3 aromatic rings. The van der Waals surface area contributed by atoms with Gasteiger partial charge >= 0.3 is 0 Å². The average Bonchev–Trinajstić information content (AvgIpc) is 2.87. The van der Waals surface area contributed by atoms with Crippen LogP contribution in [0.15, 0.2) is 41.4 Å². The fourth-order valence-corrected chi connectivity index (χ4v) is 3.20. The van der Waals surface area contributed by atoms with E-state index in [1.54, 1.807) is 12.1 Å². The van der Waals surface area contributed by atoms with Crippen LogP contribution < -0.4 is 11.5 Å². The molecule has 6 heteroatoms. The molecule has 0 spiro atoms. The number of guanidine groups is 1. The van der Waals surface area contributed by atoms with Crippen molar-refractivity contribution in [1.29, 1.82) is 0 Å². The summed E-state index contributed by atoms with van der Waals surface area (Å²) in [6, 6.07) is 11.6. The van der Waals surface area contributed by atoms with Gasteiger partial charge in [0.25, 0.3) is 5.91 Å². The fourth-order valence-electron chi connectivity index (χ4n) is 3.20. The topological polar surface area (TPSA) is 107 Å². The van der Waals surface area contributed by atoms with Gasteiger partial charge in [0.15, 0.2) is 5.96 Å². The van der Waals surface area contributed by atoms with Crippen LogP contribution in [0.25, 0.3) is 21.8 Å². The molecule has 1 amide bonds. The van der Waals surface area contributed by atoms with Gasteiger partial charge in [0.05, 0.1) is 12.1 Å². The predicted octanol–water partition coefficient (Wildman–Crippen LogP) is 2.28. The molecule has 3 rings (SSSR count). The number of hydrogen-bond donors (Lipinski definition) is 3. The number of benzene rings is 2. The van der Waals surface area contributed by atoms with E-state index in [0.29, 0.717) is 11.1 Å². The summed E-state index contributed by atoms with van der Waals surface area (Å²) in [6.07, 6.45) is 0. The monoisotopic (exact) mass is 324 g/mol. The Morgan fingerprint density at radius 1 is 1.21 bits per heavy atom. The maximum absolute atomic E-state index is 12.2. The van der Waals surface area contributed by atoms with Crippen LogP contribution in [0.1, 0.15) is 35.8 Å². The molecule has 0 aliphatic rings. The van der Waals surface area contributed by atoms with E-state index in [-0.39, 0.29) is 18.6 Å². The van der Waals surface area contributed by atoms with Crippen LogP contribution in [0, 0.1) is 0 Å². The molecule has 0 bridgehead atoms. The number of carbonyl (C=O) groups is 1. The Labute approximate surface area is 139 Å². The highest BCUT2D eigenvalue weighted by Crippen LogP contribution is 2.35. The minimum atomic E-state index is -0.521. The molecule has 0 aliphatic heterocycles. The zero-order chi connectivity index (χ0) is 17.4. The SMILES string of the molecule is CC(C)n1c2ccccc2c2c(CO)cc(C(=O)N=C(N)N)cc21. The zero-order valence-corrected chi connectivity index (χ0v) is 13.7. The van der Waals surface area contributed by atoms with Crippen molar-refractivity contribution in [2.45, 2.75) is 26.5 Å². The van der Waals surface area contributed by atoms with E-state index >= 15 is 0 Å². The Hall–Kier alpha value is -2.86. The summed E-state index contributed by atoms with van der Waals surface area (Å²) in [5.74, 6) is -0.804. The van der Waals surface area contributed by atoms with Gasteiger partial charge in [0.2, 0.25) is 0 Å². The lowest BCUT2D eigenvalue weighted by atomic mass is 10.0. The number of nitrogens with two attached hydrogens (primary N) is 2. The zero-order valence-electron chi connectivity index (χ0n) is 13.7. The van der Waals surface area contributed by atoms with Gasteiger partial charge < -0.3 is 21.1 Å². The van der Waals surface area contributed by atoms with Crippen molar-refractivity contribution in [2.75, 3.05) is 0 Å². The molecular weight excluding hydrogens is 304 g/mol. The third-order valence-electron chi connectivity index (χ3n) is 4.06. The maximum atomic E-state index is 12.2. The standard InChI is InChI=1S/C18H20N4O2/c1-10(2)22-14-6-4-3-5-13(14)16-12(9-23)7-11(8-15(16)22)17(24)21-18(19)20/h3-8,10,23H,9H2,1-2H3,(H4,19,20,21,24). The molecule has 24 heavy (non-hydrogen) atoms. The summed E-state index contributed by atoms with van der Waals surface area (Å²) in [5.41, 5.74) is 13.6. The van der Waals surface area contributed by atoms with Crippen LogP contribution in [0.5, 0.6) is 0 Å². The first-order valence-corrected chi connectivity index (χ1v) is 7.74. The molecule has 1 aromatic heterocycles. The van der Waals surface area contributed by atoms with Gasteiger partial charge in [-0.25, -0.2) is 0 Å². The average molecular weight is 324 g/mol. The molecule has 0 fully saturated rings. The number of para-hydroxylation sites is 1. The summed E-state index contributed by atoms with van der Waals surface area (Å²) >= 11 is 0. The second-order valence-electron chi connectivity index (χ2n) is 6.01. The molecule has 0 unspecified atom stereocenters. The second kappa shape index (κ2) is 5.98.